The first-order chi connectivity index (χ1) is 8.77. The second-order valence-electron chi connectivity index (χ2n) is 3.84. The highest BCUT2D eigenvalue weighted by atomic mass is 35.5. The molecule has 0 unspecified atom stereocenters. The quantitative estimate of drug-likeness (QED) is 0.918. The van der Waals surface area contributed by atoms with Crippen molar-refractivity contribution in [3.8, 4) is 0 Å². The van der Waals surface area contributed by atoms with E-state index in [1.54, 1.807) is 24.5 Å². The molecule has 0 spiro atoms. The molecule has 0 fully saturated rings. The van der Waals surface area contributed by atoms with Gasteiger partial charge in [-0.15, -0.1) is 0 Å². The molecule has 1 heterocycles. The Balaban J connectivity index is 1.86. The van der Waals surface area contributed by atoms with Crippen molar-refractivity contribution in [2.24, 2.45) is 0 Å². The number of pyridine rings is 1. The Labute approximate surface area is 111 Å². The lowest BCUT2D eigenvalue weighted by Gasteiger charge is -2.06. The van der Waals surface area contributed by atoms with Gasteiger partial charge in [-0.25, -0.2) is 0 Å². The van der Waals surface area contributed by atoms with Gasteiger partial charge in [0.25, 0.3) is 5.91 Å². The van der Waals surface area contributed by atoms with Crippen LogP contribution in [-0.4, -0.2) is 17.4 Å². The number of carbonyl (C=O) groups excluding carboxylic acids is 1. The van der Waals surface area contributed by atoms with Gasteiger partial charge in [-0.1, -0.05) is 29.8 Å². The Morgan fingerprint density at radius 3 is 2.78 bits per heavy atom. The van der Waals surface area contributed by atoms with Gasteiger partial charge in [0, 0.05) is 24.0 Å². The van der Waals surface area contributed by atoms with Crippen molar-refractivity contribution in [2.45, 2.75) is 6.42 Å². The summed E-state index contributed by atoms with van der Waals surface area (Å²) in [4.78, 5) is 15.6. The van der Waals surface area contributed by atoms with Crippen molar-refractivity contribution in [3.63, 3.8) is 0 Å². The molecule has 0 saturated carbocycles. The summed E-state index contributed by atoms with van der Waals surface area (Å²) >= 11 is 6.03. The summed E-state index contributed by atoms with van der Waals surface area (Å²) in [5, 5.41) is 3.57. The fourth-order valence-corrected chi connectivity index (χ4v) is 1.84. The zero-order chi connectivity index (χ0) is 12.8. The van der Waals surface area contributed by atoms with Gasteiger partial charge in [-0.2, -0.15) is 0 Å². The van der Waals surface area contributed by atoms with E-state index in [1.807, 2.05) is 24.3 Å². The lowest BCUT2D eigenvalue weighted by Crippen LogP contribution is -2.25. The molecule has 2 rings (SSSR count). The predicted molar refractivity (Wildman–Crippen MR) is 71.7 cm³/mol. The average molecular weight is 261 g/mol. The summed E-state index contributed by atoms with van der Waals surface area (Å²) in [5.74, 6) is -0.116. The molecule has 0 aliphatic rings. The molecule has 0 bridgehead atoms. The van der Waals surface area contributed by atoms with Crippen LogP contribution < -0.4 is 5.32 Å². The molecular weight excluding hydrogens is 248 g/mol. The fraction of sp³-hybridized carbons (Fsp3) is 0.143. The fourth-order valence-electron chi connectivity index (χ4n) is 1.61. The summed E-state index contributed by atoms with van der Waals surface area (Å²) in [5.41, 5.74) is 1.60. The maximum atomic E-state index is 11.7. The Kier molecular flexibility index (Phi) is 4.31. The third kappa shape index (κ3) is 3.31. The maximum Gasteiger partial charge on any atom is 0.252 e. The van der Waals surface area contributed by atoms with Crippen molar-refractivity contribution in [3.05, 3.63) is 64.9 Å². The van der Waals surface area contributed by atoms with E-state index in [0.29, 0.717) is 18.5 Å². The van der Waals surface area contributed by atoms with E-state index in [0.717, 1.165) is 10.6 Å². The molecule has 1 N–H and O–H groups in total. The number of halogens is 1. The minimum absolute atomic E-state index is 0.116. The van der Waals surface area contributed by atoms with Gasteiger partial charge >= 0.3 is 0 Å². The number of aromatic nitrogens is 1. The Bertz CT molecular complexity index is 528. The molecule has 0 aliphatic carbocycles. The lowest BCUT2D eigenvalue weighted by atomic mass is 10.1. The zero-order valence-electron chi connectivity index (χ0n) is 9.77. The Hall–Kier alpha value is -1.87. The molecule has 3 nitrogen and oxygen atoms in total. The zero-order valence-corrected chi connectivity index (χ0v) is 10.5. The van der Waals surface area contributed by atoms with Crippen molar-refractivity contribution < 1.29 is 4.79 Å². The topological polar surface area (TPSA) is 42.0 Å². The first kappa shape index (κ1) is 12.6. The average Bonchev–Trinajstić information content (AvgIpc) is 2.42. The van der Waals surface area contributed by atoms with E-state index in [4.69, 9.17) is 11.6 Å². The minimum Gasteiger partial charge on any atom is -0.352 e. The number of hydrogen-bond donors (Lipinski definition) is 1. The number of hydrogen-bond acceptors (Lipinski definition) is 2. The molecule has 0 radical (unpaired) electrons. The number of nitrogens with one attached hydrogen (secondary N) is 1. The number of amides is 1. The third-order valence-electron chi connectivity index (χ3n) is 2.56. The Morgan fingerprint density at radius 2 is 2.06 bits per heavy atom. The standard InChI is InChI=1S/C14H13ClN2O/c15-13-6-2-1-4-11(13)7-9-17-14(18)12-5-3-8-16-10-12/h1-6,8,10H,7,9H2,(H,17,18). The Morgan fingerprint density at radius 1 is 1.22 bits per heavy atom. The van der Waals surface area contributed by atoms with E-state index in [2.05, 4.69) is 10.3 Å². The van der Waals surface area contributed by atoms with E-state index in [1.165, 1.54) is 0 Å². The second-order valence-corrected chi connectivity index (χ2v) is 4.25. The van der Waals surface area contributed by atoms with Crippen LogP contribution in [0.2, 0.25) is 5.02 Å². The van der Waals surface area contributed by atoms with Crippen molar-refractivity contribution >= 4 is 17.5 Å². The smallest absolute Gasteiger partial charge is 0.252 e. The summed E-state index contributed by atoms with van der Waals surface area (Å²) in [7, 11) is 0. The highest BCUT2D eigenvalue weighted by molar-refractivity contribution is 6.31. The van der Waals surface area contributed by atoms with Gasteiger partial charge in [0.2, 0.25) is 0 Å². The number of rotatable bonds is 4. The normalized spacial score (nSPS) is 10.1. The van der Waals surface area contributed by atoms with Crippen LogP contribution in [0.4, 0.5) is 0 Å². The van der Waals surface area contributed by atoms with E-state index in [-0.39, 0.29) is 5.91 Å². The highest BCUT2D eigenvalue weighted by Crippen LogP contribution is 2.14. The first-order valence-corrected chi connectivity index (χ1v) is 6.07. The van der Waals surface area contributed by atoms with Crippen molar-refractivity contribution in [2.75, 3.05) is 6.54 Å². The van der Waals surface area contributed by atoms with Gasteiger partial charge in [0.05, 0.1) is 5.56 Å². The summed E-state index contributed by atoms with van der Waals surface area (Å²) in [6.07, 6.45) is 3.90. The number of carbonyl (C=O) groups is 1. The summed E-state index contributed by atoms with van der Waals surface area (Å²) in [6.45, 7) is 0.553. The lowest BCUT2D eigenvalue weighted by molar-refractivity contribution is 0.0954. The third-order valence-corrected chi connectivity index (χ3v) is 2.93. The first-order valence-electron chi connectivity index (χ1n) is 5.69. The van der Waals surface area contributed by atoms with Gasteiger partial charge in [0.15, 0.2) is 0 Å². The molecule has 0 atom stereocenters. The van der Waals surface area contributed by atoms with Crippen molar-refractivity contribution in [1.82, 2.24) is 10.3 Å². The van der Waals surface area contributed by atoms with Crippen molar-refractivity contribution in [1.29, 1.82) is 0 Å². The van der Waals surface area contributed by atoms with Crippen LogP contribution in [0.3, 0.4) is 0 Å². The van der Waals surface area contributed by atoms with Gasteiger partial charge in [0.1, 0.15) is 0 Å². The van der Waals surface area contributed by atoms with E-state index >= 15 is 0 Å². The largest absolute Gasteiger partial charge is 0.352 e. The van der Waals surface area contributed by atoms with Crippen LogP contribution in [0.25, 0.3) is 0 Å². The molecule has 18 heavy (non-hydrogen) atoms. The van der Waals surface area contributed by atoms with Crippen LogP contribution in [-0.2, 0) is 6.42 Å². The van der Waals surface area contributed by atoms with Gasteiger partial charge in [-0.05, 0) is 30.2 Å². The molecule has 4 heteroatoms. The van der Waals surface area contributed by atoms with Crippen LogP contribution in [0, 0.1) is 0 Å². The van der Waals surface area contributed by atoms with Crippen LogP contribution >= 0.6 is 11.6 Å². The molecule has 1 amide bonds. The van der Waals surface area contributed by atoms with E-state index < -0.39 is 0 Å². The highest BCUT2D eigenvalue weighted by Gasteiger charge is 2.04. The van der Waals surface area contributed by atoms with Crippen LogP contribution in [0.1, 0.15) is 15.9 Å². The maximum absolute atomic E-state index is 11.7. The van der Waals surface area contributed by atoms with E-state index in [9.17, 15) is 4.79 Å². The minimum atomic E-state index is -0.116. The molecule has 1 aromatic heterocycles. The predicted octanol–water partition coefficient (Wildman–Crippen LogP) is 2.71. The van der Waals surface area contributed by atoms with Gasteiger partial charge in [-0.3, -0.25) is 9.78 Å². The molecule has 1 aromatic carbocycles. The molecule has 0 aliphatic heterocycles. The summed E-state index contributed by atoms with van der Waals surface area (Å²) < 4.78 is 0. The van der Waals surface area contributed by atoms with Gasteiger partial charge < -0.3 is 5.32 Å². The number of benzene rings is 1. The second kappa shape index (κ2) is 6.17. The number of nitrogens with zero attached hydrogens (tertiary/aromatic N) is 1. The molecule has 92 valence electrons. The molecule has 2 aromatic rings. The molecular formula is C14H13ClN2O. The SMILES string of the molecule is O=C(NCCc1ccccc1Cl)c1cccnc1. The monoisotopic (exact) mass is 260 g/mol. The molecule has 0 saturated heterocycles. The summed E-state index contributed by atoms with van der Waals surface area (Å²) in [6, 6.07) is 11.1. The van der Waals surface area contributed by atoms with Crippen LogP contribution in [0.5, 0.6) is 0 Å². The van der Waals surface area contributed by atoms with Crippen LogP contribution in [0.15, 0.2) is 48.8 Å².